The van der Waals surface area contributed by atoms with Crippen molar-refractivity contribution in [2.45, 2.75) is 12.8 Å². The quantitative estimate of drug-likeness (QED) is 0.590. The molecule has 0 aliphatic rings. The molecule has 0 fully saturated rings. The first-order valence-corrected chi connectivity index (χ1v) is 4.54. The minimum Gasteiger partial charge on any atom is -0.287 e. The van der Waals surface area contributed by atoms with Crippen LogP contribution in [-0.2, 0) is 4.79 Å². The first-order chi connectivity index (χ1) is 5.22. The highest BCUT2D eigenvalue weighted by Crippen LogP contribution is 2.17. The predicted octanol–water partition coefficient (Wildman–Crippen LogP) is 2.75. The van der Waals surface area contributed by atoms with E-state index in [2.05, 4.69) is 0 Å². The topological polar surface area (TPSA) is 17.1 Å². The number of hydrogen-bond acceptors (Lipinski definition) is 1. The lowest BCUT2D eigenvalue weighted by atomic mass is 10.0. The summed E-state index contributed by atoms with van der Waals surface area (Å²) >= 11 is 1.83. The zero-order valence-electron chi connectivity index (χ0n) is 6.25. The van der Waals surface area contributed by atoms with Crippen molar-refractivity contribution in [2.75, 3.05) is 0 Å². The van der Waals surface area contributed by atoms with Gasteiger partial charge in [0.05, 0.1) is 0 Å². The summed E-state index contributed by atoms with van der Waals surface area (Å²) in [6.45, 7) is 1.92. The molecule has 1 rings (SSSR count). The van der Waals surface area contributed by atoms with Crippen LogP contribution in [0.5, 0.6) is 0 Å². The molecule has 0 aliphatic carbocycles. The molecule has 1 aromatic carbocycles. The van der Waals surface area contributed by atoms with Crippen LogP contribution in [0.2, 0.25) is 0 Å². The summed E-state index contributed by atoms with van der Waals surface area (Å²) in [5, 5.41) is 0. The van der Waals surface area contributed by atoms with Crippen LogP contribution < -0.4 is 0 Å². The second-order valence-corrected chi connectivity index (χ2v) is 3.50. The zero-order valence-corrected chi connectivity index (χ0v) is 8.41. The van der Waals surface area contributed by atoms with Gasteiger partial charge in [0.1, 0.15) is 0 Å². The Morgan fingerprint density at radius 2 is 1.91 bits per heavy atom. The molecule has 0 unspecified atom stereocenters. The molecule has 0 saturated heterocycles. The molecule has 0 amide bonds. The largest absolute Gasteiger partial charge is 0.287 e. The third-order valence-corrected chi connectivity index (χ3v) is 2.57. The molecule has 1 atom stereocenters. The smallest absolute Gasteiger partial charge is 0.199 e. The van der Waals surface area contributed by atoms with Crippen molar-refractivity contribution in [1.29, 1.82) is 0 Å². The fourth-order valence-corrected chi connectivity index (χ4v) is 1.23. The van der Waals surface area contributed by atoms with Crippen molar-refractivity contribution in [3.05, 3.63) is 35.9 Å². The molecule has 2 heteroatoms. The molecule has 0 bridgehead atoms. The van der Waals surface area contributed by atoms with Crippen LogP contribution in [0.3, 0.4) is 0 Å². The van der Waals surface area contributed by atoms with Gasteiger partial charge in [0.2, 0.25) is 0 Å². The SMILES string of the molecule is C[C@@H](C(=O)I)c1ccccc1. The van der Waals surface area contributed by atoms with E-state index < -0.39 is 0 Å². The van der Waals surface area contributed by atoms with E-state index in [1.807, 2.05) is 59.8 Å². The van der Waals surface area contributed by atoms with Crippen LogP contribution >= 0.6 is 22.6 Å². The maximum atomic E-state index is 10.9. The van der Waals surface area contributed by atoms with Gasteiger partial charge in [-0.05, 0) is 5.56 Å². The fraction of sp³-hybridized carbons (Fsp3) is 0.222. The highest BCUT2D eigenvalue weighted by atomic mass is 127. The van der Waals surface area contributed by atoms with E-state index in [4.69, 9.17) is 0 Å². The average molecular weight is 260 g/mol. The molecular weight excluding hydrogens is 251 g/mol. The van der Waals surface area contributed by atoms with Crippen molar-refractivity contribution >= 4 is 26.4 Å². The van der Waals surface area contributed by atoms with Crippen molar-refractivity contribution in [3.8, 4) is 0 Å². The second-order valence-electron chi connectivity index (χ2n) is 2.44. The van der Waals surface area contributed by atoms with E-state index in [0.29, 0.717) is 0 Å². The van der Waals surface area contributed by atoms with Crippen molar-refractivity contribution in [1.82, 2.24) is 0 Å². The molecule has 11 heavy (non-hydrogen) atoms. The van der Waals surface area contributed by atoms with Crippen LogP contribution in [0, 0.1) is 0 Å². The third kappa shape index (κ3) is 2.29. The van der Waals surface area contributed by atoms with Gasteiger partial charge in [0.25, 0.3) is 0 Å². The van der Waals surface area contributed by atoms with E-state index in [1.165, 1.54) is 0 Å². The van der Waals surface area contributed by atoms with Crippen molar-refractivity contribution < 1.29 is 4.79 Å². The number of hydrogen-bond donors (Lipinski definition) is 0. The van der Waals surface area contributed by atoms with Crippen molar-refractivity contribution in [2.24, 2.45) is 0 Å². The first-order valence-electron chi connectivity index (χ1n) is 3.46. The summed E-state index contributed by atoms with van der Waals surface area (Å²) in [7, 11) is 0. The monoisotopic (exact) mass is 260 g/mol. The summed E-state index contributed by atoms with van der Waals surface area (Å²) in [6, 6.07) is 9.80. The van der Waals surface area contributed by atoms with Crippen LogP contribution in [0.15, 0.2) is 30.3 Å². The summed E-state index contributed by atoms with van der Waals surface area (Å²) in [5.41, 5.74) is 1.09. The minimum atomic E-state index is 0.0248. The summed E-state index contributed by atoms with van der Waals surface area (Å²) < 4.78 is 0.189. The van der Waals surface area contributed by atoms with Crippen LogP contribution in [0.4, 0.5) is 0 Å². The van der Waals surface area contributed by atoms with Gasteiger partial charge in [-0.15, -0.1) is 0 Å². The molecule has 0 aliphatic heterocycles. The predicted molar refractivity (Wildman–Crippen MR) is 53.9 cm³/mol. The highest BCUT2D eigenvalue weighted by molar-refractivity contribution is 14.1. The number of benzene rings is 1. The van der Waals surface area contributed by atoms with E-state index in [0.717, 1.165) is 5.56 Å². The Bertz CT molecular complexity index is 243. The van der Waals surface area contributed by atoms with Gasteiger partial charge in [-0.1, -0.05) is 37.3 Å². The number of rotatable bonds is 2. The maximum absolute atomic E-state index is 10.9. The highest BCUT2D eigenvalue weighted by Gasteiger charge is 2.09. The zero-order chi connectivity index (χ0) is 8.27. The van der Waals surface area contributed by atoms with Gasteiger partial charge < -0.3 is 0 Å². The normalized spacial score (nSPS) is 12.5. The Morgan fingerprint density at radius 3 is 2.36 bits per heavy atom. The summed E-state index contributed by atoms with van der Waals surface area (Å²) in [4.78, 5) is 10.9. The minimum absolute atomic E-state index is 0.0248. The molecule has 1 aromatic rings. The molecule has 1 nitrogen and oxygen atoms in total. The molecule has 0 spiro atoms. The van der Waals surface area contributed by atoms with E-state index >= 15 is 0 Å². The first kappa shape index (κ1) is 8.71. The molecule has 0 saturated carbocycles. The van der Waals surface area contributed by atoms with Gasteiger partial charge in [-0.2, -0.15) is 0 Å². The van der Waals surface area contributed by atoms with E-state index in [1.54, 1.807) is 0 Å². The van der Waals surface area contributed by atoms with Crippen LogP contribution in [0.1, 0.15) is 18.4 Å². The summed E-state index contributed by atoms with van der Waals surface area (Å²) in [5.74, 6) is 0.0248. The lowest BCUT2D eigenvalue weighted by Gasteiger charge is -2.04. The van der Waals surface area contributed by atoms with Gasteiger partial charge in [0.15, 0.2) is 3.79 Å². The molecule has 58 valence electrons. The van der Waals surface area contributed by atoms with Gasteiger partial charge >= 0.3 is 0 Å². The second kappa shape index (κ2) is 3.85. The molecule has 0 N–H and O–H groups in total. The standard InChI is InChI=1S/C9H9IO/c1-7(9(10)11)8-5-3-2-4-6-8/h2-7H,1H3/t7-/m1/s1. The molecular formula is C9H9IO. The third-order valence-electron chi connectivity index (χ3n) is 1.64. The summed E-state index contributed by atoms with van der Waals surface area (Å²) in [6.07, 6.45) is 0. The van der Waals surface area contributed by atoms with E-state index in [9.17, 15) is 4.79 Å². The fourth-order valence-electron chi connectivity index (χ4n) is 0.873. The lowest BCUT2D eigenvalue weighted by Crippen LogP contribution is -1.99. The van der Waals surface area contributed by atoms with Crippen LogP contribution in [0.25, 0.3) is 0 Å². The number of carbonyl (C=O) groups excluding carboxylic acids is 1. The van der Waals surface area contributed by atoms with Crippen molar-refractivity contribution in [3.63, 3.8) is 0 Å². The Kier molecular flexibility index (Phi) is 3.05. The Labute approximate surface area is 79.9 Å². The molecule has 0 radical (unpaired) electrons. The Balaban J connectivity index is 2.85. The van der Waals surface area contributed by atoms with Gasteiger partial charge in [-0.3, -0.25) is 4.79 Å². The van der Waals surface area contributed by atoms with Crippen LogP contribution in [-0.4, -0.2) is 3.79 Å². The maximum Gasteiger partial charge on any atom is 0.199 e. The number of halogens is 1. The number of carbonyl (C=O) groups is 1. The van der Waals surface area contributed by atoms with Gasteiger partial charge in [-0.25, -0.2) is 0 Å². The van der Waals surface area contributed by atoms with E-state index in [-0.39, 0.29) is 9.71 Å². The lowest BCUT2D eigenvalue weighted by molar-refractivity contribution is -0.110. The Hall–Kier alpha value is -0.380. The van der Waals surface area contributed by atoms with Gasteiger partial charge in [0, 0.05) is 28.5 Å². The Morgan fingerprint density at radius 1 is 1.36 bits per heavy atom. The average Bonchev–Trinajstić information content (AvgIpc) is 2.05. The molecule has 0 heterocycles. The molecule has 0 aromatic heterocycles.